The van der Waals surface area contributed by atoms with Gasteiger partial charge in [-0.15, -0.1) is 0 Å². The number of benzene rings is 1. The van der Waals surface area contributed by atoms with Crippen LogP contribution in [0.15, 0.2) is 24.3 Å². The highest BCUT2D eigenvalue weighted by Crippen LogP contribution is 2.24. The lowest BCUT2D eigenvalue weighted by atomic mass is 10.0. The molecule has 3 nitrogen and oxygen atoms in total. The van der Waals surface area contributed by atoms with Gasteiger partial charge in [-0.1, -0.05) is 26.0 Å². The number of aliphatic hydroxyl groups excluding tert-OH is 1. The number of hydrogen-bond acceptors (Lipinski definition) is 2. The maximum absolute atomic E-state index is 10.0. The van der Waals surface area contributed by atoms with Crippen LogP contribution < -0.4 is 0 Å². The molecule has 1 aromatic heterocycles. The van der Waals surface area contributed by atoms with Gasteiger partial charge in [0, 0.05) is 14.8 Å². The lowest BCUT2D eigenvalue weighted by Crippen LogP contribution is -2.07. The zero-order valence-corrected chi connectivity index (χ0v) is 14.4. The molecule has 2 rings (SSSR count). The van der Waals surface area contributed by atoms with Crippen molar-refractivity contribution in [2.24, 2.45) is 0 Å². The molecule has 20 heavy (non-hydrogen) atoms. The molecular formula is C16H21IN2O. The molecular weight excluding hydrogens is 363 g/mol. The molecule has 108 valence electrons. The van der Waals surface area contributed by atoms with Crippen LogP contribution in [0.5, 0.6) is 0 Å². The number of nitrogens with zero attached hydrogens (tertiary/aromatic N) is 2. The zero-order chi connectivity index (χ0) is 14.7. The van der Waals surface area contributed by atoms with Crippen LogP contribution in [-0.2, 0) is 19.4 Å². The Morgan fingerprint density at radius 3 is 2.35 bits per heavy atom. The summed E-state index contributed by atoms with van der Waals surface area (Å²) in [5.41, 5.74) is 4.42. The number of halogens is 1. The molecule has 1 atom stereocenters. The summed E-state index contributed by atoms with van der Waals surface area (Å²) in [6.45, 7) is 6.79. The predicted octanol–water partition coefficient (Wildman–Crippen LogP) is 3.71. The van der Waals surface area contributed by atoms with Crippen LogP contribution in [0, 0.1) is 3.57 Å². The van der Waals surface area contributed by atoms with Gasteiger partial charge in [0.05, 0.1) is 18.3 Å². The molecule has 0 fully saturated rings. The summed E-state index contributed by atoms with van der Waals surface area (Å²) in [4.78, 5) is 0. The van der Waals surface area contributed by atoms with Gasteiger partial charge in [-0.05, 0) is 60.1 Å². The first-order chi connectivity index (χ1) is 9.56. The Morgan fingerprint density at radius 1 is 1.20 bits per heavy atom. The Balaban J connectivity index is 2.38. The fraction of sp³-hybridized carbons (Fsp3) is 0.438. The molecule has 2 aromatic rings. The summed E-state index contributed by atoms with van der Waals surface area (Å²) in [6.07, 6.45) is 1.29. The van der Waals surface area contributed by atoms with Crippen LogP contribution in [0.3, 0.4) is 0 Å². The lowest BCUT2D eigenvalue weighted by molar-refractivity contribution is 0.197. The molecule has 0 spiro atoms. The summed E-state index contributed by atoms with van der Waals surface area (Å²) >= 11 is 2.31. The molecule has 1 N–H and O–H groups in total. The molecule has 0 radical (unpaired) electrons. The molecule has 0 aliphatic heterocycles. The summed E-state index contributed by atoms with van der Waals surface area (Å²) < 4.78 is 3.28. The Hall–Kier alpha value is -0.880. The van der Waals surface area contributed by atoms with Gasteiger partial charge in [-0.25, -0.2) is 0 Å². The highest BCUT2D eigenvalue weighted by Gasteiger charge is 2.19. The maximum Gasteiger partial charge on any atom is 0.0798 e. The number of aromatic nitrogens is 2. The Morgan fingerprint density at radius 2 is 1.85 bits per heavy atom. The molecule has 4 heteroatoms. The van der Waals surface area contributed by atoms with E-state index in [1.807, 2.05) is 11.6 Å². The lowest BCUT2D eigenvalue weighted by Gasteiger charge is -2.10. The third kappa shape index (κ3) is 3.23. The normalized spacial score (nSPS) is 12.7. The topological polar surface area (TPSA) is 38.0 Å². The van der Waals surface area contributed by atoms with Crippen molar-refractivity contribution in [2.45, 2.75) is 46.3 Å². The number of rotatable bonds is 5. The van der Waals surface area contributed by atoms with Gasteiger partial charge in [-0.2, -0.15) is 5.10 Å². The van der Waals surface area contributed by atoms with E-state index >= 15 is 0 Å². The van der Waals surface area contributed by atoms with E-state index in [-0.39, 0.29) is 0 Å². The average Bonchev–Trinajstić information content (AvgIpc) is 2.79. The molecule has 0 saturated heterocycles. The minimum Gasteiger partial charge on any atom is -0.389 e. The van der Waals surface area contributed by atoms with Gasteiger partial charge in [0.2, 0.25) is 0 Å². The second kappa shape index (κ2) is 6.72. The Labute approximate surface area is 134 Å². The average molecular weight is 384 g/mol. The summed E-state index contributed by atoms with van der Waals surface area (Å²) in [6, 6.07) is 8.50. The summed E-state index contributed by atoms with van der Waals surface area (Å²) in [7, 11) is 0. The van der Waals surface area contributed by atoms with Crippen LogP contribution in [0.25, 0.3) is 0 Å². The third-order valence-electron chi connectivity index (χ3n) is 3.51. The fourth-order valence-corrected chi connectivity index (χ4v) is 2.94. The van der Waals surface area contributed by atoms with E-state index in [0.717, 1.165) is 36.3 Å². The third-order valence-corrected chi connectivity index (χ3v) is 4.23. The van der Waals surface area contributed by atoms with Crippen LogP contribution in [0.2, 0.25) is 0 Å². The highest BCUT2D eigenvalue weighted by molar-refractivity contribution is 14.1. The van der Waals surface area contributed by atoms with Crippen LogP contribution >= 0.6 is 22.6 Å². The summed E-state index contributed by atoms with van der Waals surface area (Å²) in [5, 5.41) is 14.7. The molecule has 1 unspecified atom stereocenters. The van der Waals surface area contributed by atoms with Crippen molar-refractivity contribution in [3.63, 3.8) is 0 Å². The Kier molecular flexibility index (Phi) is 5.21. The molecule has 0 aliphatic carbocycles. The maximum atomic E-state index is 10.0. The standard InChI is InChI=1S/C16H21IN2O/c1-4-14-16(11(3)20)15(5-2)19(18-14)10-12-6-8-13(17)9-7-12/h6-9,11,20H,4-5,10H2,1-3H3. The van der Waals surface area contributed by atoms with E-state index in [1.54, 1.807) is 0 Å². The van der Waals surface area contributed by atoms with E-state index in [9.17, 15) is 5.11 Å². The fourth-order valence-electron chi connectivity index (χ4n) is 2.58. The minimum absolute atomic E-state index is 0.453. The van der Waals surface area contributed by atoms with E-state index in [0.29, 0.717) is 0 Å². The molecule has 1 heterocycles. The highest BCUT2D eigenvalue weighted by atomic mass is 127. The number of aryl methyl sites for hydroxylation is 1. The second-order valence-electron chi connectivity index (χ2n) is 4.97. The van der Waals surface area contributed by atoms with Crippen molar-refractivity contribution < 1.29 is 5.11 Å². The summed E-state index contributed by atoms with van der Waals surface area (Å²) in [5.74, 6) is 0. The van der Waals surface area contributed by atoms with E-state index in [2.05, 4.69) is 60.7 Å². The van der Waals surface area contributed by atoms with E-state index in [1.165, 1.54) is 9.13 Å². The first-order valence-corrected chi connectivity index (χ1v) is 8.15. The van der Waals surface area contributed by atoms with Gasteiger partial charge < -0.3 is 5.11 Å². The zero-order valence-electron chi connectivity index (χ0n) is 12.2. The van der Waals surface area contributed by atoms with Crippen LogP contribution in [0.1, 0.15) is 49.4 Å². The van der Waals surface area contributed by atoms with Crippen molar-refractivity contribution in [3.8, 4) is 0 Å². The molecule has 0 bridgehead atoms. The first-order valence-electron chi connectivity index (χ1n) is 7.07. The minimum atomic E-state index is -0.453. The smallest absolute Gasteiger partial charge is 0.0798 e. The first kappa shape index (κ1) is 15.5. The predicted molar refractivity (Wildman–Crippen MR) is 89.9 cm³/mol. The second-order valence-corrected chi connectivity index (χ2v) is 6.22. The van der Waals surface area contributed by atoms with Crippen molar-refractivity contribution in [1.82, 2.24) is 9.78 Å². The van der Waals surface area contributed by atoms with Gasteiger partial charge in [-0.3, -0.25) is 4.68 Å². The SMILES string of the molecule is CCc1nn(Cc2ccc(I)cc2)c(CC)c1C(C)O. The van der Waals surface area contributed by atoms with Gasteiger partial charge >= 0.3 is 0 Å². The largest absolute Gasteiger partial charge is 0.389 e. The quantitative estimate of drug-likeness (QED) is 0.799. The van der Waals surface area contributed by atoms with Crippen molar-refractivity contribution in [1.29, 1.82) is 0 Å². The van der Waals surface area contributed by atoms with E-state index < -0.39 is 6.10 Å². The van der Waals surface area contributed by atoms with E-state index in [4.69, 9.17) is 5.10 Å². The molecule has 0 amide bonds. The molecule has 1 aromatic carbocycles. The van der Waals surface area contributed by atoms with Crippen LogP contribution in [-0.4, -0.2) is 14.9 Å². The van der Waals surface area contributed by atoms with Crippen molar-refractivity contribution >= 4 is 22.6 Å². The molecule has 0 saturated carbocycles. The van der Waals surface area contributed by atoms with Crippen LogP contribution in [0.4, 0.5) is 0 Å². The van der Waals surface area contributed by atoms with Gasteiger partial charge in [0.25, 0.3) is 0 Å². The monoisotopic (exact) mass is 384 g/mol. The number of aliphatic hydroxyl groups is 1. The van der Waals surface area contributed by atoms with Crippen molar-refractivity contribution in [2.75, 3.05) is 0 Å². The molecule has 0 aliphatic rings. The van der Waals surface area contributed by atoms with Crippen molar-refractivity contribution in [3.05, 3.63) is 50.4 Å². The van der Waals surface area contributed by atoms with Gasteiger partial charge in [0.1, 0.15) is 0 Å². The number of hydrogen-bond donors (Lipinski definition) is 1. The Bertz CT molecular complexity index is 573. The van der Waals surface area contributed by atoms with Gasteiger partial charge in [0.15, 0.2) is 0 Å².